The van der Waals surface area contributed by atoms with Crippen LogP contribution in [0, 0.1) is 25.2 Å². The van der Waals surface area contributed by atoms with Crippen LogP contribution in [0.4, 0.5) is 4.79 Å². The molecule has 0 fully saturated rings. The molecular weight excluding hydrogens is 572 g/mol. The van der Waals surface area contributed by atoms with Gasteiger partial charge in [0.15, 0.2) is 0 Å². The minimum absolute atomic E-state index is 0.258. The zero-order chi connectivity index (χ0) is 31.6. The van der Waals surface area contributed by atoms with Crippen LogP contribution in [0.25, 0.3) is 21.7 Å². The van der Waals surface area contributed by atoms with Crippen LogP contribution in [0.5, 0.6) is 5.75 Å². The van der Waals surface area contributed by atoms with Crippen LogP contribution >= 0.6 is 11.3 Å². The fourth-order valence-corrected chi connectivity index (χ4v) is 6.44. The molecule has 1 aliphatic heterocycles. The Hall–Kier alpha value is -4.81. The summed E-state index contributed by atoms with van der Waals surface area (Å²) in [5.41, 5.74) is 7.16. The van der Waals surface area contributed by atoms with E-state index in [9.17, 15) is 14.9 Å². The highest BCUT2D eigenvalue weighted by molar-refractivity contribution is 7.15. The number of benzene rings is 3. The molecule has 0 radical (unpaired) electrons. The average Bonchev–Trinajstić information content (AvgIpc) is 3.43. The number of hydrogen-bond acceptors (Lipinski definition) is 8. The van der Waals surface area contributed by atoms with E-state index in [0.717, 1.165) is 49.0 Å². The van der Waals surface area contributed by atoms with Crippen molar-refractivity contribution in [3.8, 4) is 33.5 Å². The molecule has 224 valence electrons. The first-order valence-corrected chi connectivity index (χ1v) is 15.2. The van der Waals surface area contributed by atoms with Crippen molar-refractivity contribution in [2.75, 3.05) is 13.6 Å². The van der Waals surface area contributed by atoms with Gasteiger partial charge in [0.25, 0.3) is 0 Å². The number of fused-ring (bicyclic) bond motifs is 1. The number of thiazole rings is 1. The van der Waals surface area contributed by atoms with Crippen LogP contribution in [-0.4, -0.2) is 47.4 Å². The van der Waals surface area contributed by atoms with Crippen molar-refractivity contribution in [2.24, 2.45) is 4.99 Å². The molecule has 0 saturated heterocycles. The second kappa shape index (κ2) is 12.4. The van der Waals surface area contributed by atoms with Crippen molar-refractivity contribution in [1.29, 1.82) is 5.26 Å². The highest BCUT2D eigenvalue weighted by atomic mass is 32.1. The van der Waals surface area contributed by atoms with Crippen LogP contribution in [0.2, 0.25) is 0 Å². The molecule has 0 saturated carbocycles. The number of nitriles is 1. The molecule has 1 amide bonds. The van der Waals surface area contributed by atoms with E-state index in [4.69, 9.17) is 14.5 Å². The minimum Gasteiger partial charge on any atom is -0.444 e. The van der Waals surface area contributed by atoms with Gasteiger partial charge in [-0.1, -0.05) is 30.3 Å². The number of nitrogens with zero attached hydrogens (tertiary/aromatic N) is 4. The Kier molecular flexibility index (Phi) is 8.66. The van der Waals surface area contributed by atoms with Crippen molar-refractivity contribution in [3.63, 3.8) is 0 Å². The lowest BCUT2D eigenvalue weighted by atomic mass is 9.91. The fraction of sp³-hybridized carbons (Fsp3) is 0.286. The number of rotatable bonds is 5. The molecule has 0 bridgehead atoms. The summed E-state index contributed by atoms with van der Waals surface area (Å²) in [6, 6.07) is 19.0. The number of aromatic nitrogens is 1. The van der Waals surface area contributed by atoms with Crippen LogP contribution in [0.3, 0.4) is 0 Å². The summed E-state index contributed by atoms with van der Waals surface area (Å²) in [5.74, 6) is 0.704. The smallest absolute Gasteiger partial charge is 0.410 e. The third kappa shape index (κ3) is 6.26. The fourth-order valence-electron chi connectivity index (χ4n) is 5.23. The summed E-state index contributed by atoms with van der Waals surface area (Å²) >= 11 is 1.62. The van der Waals surface area contributed by atoms with Crippen molar-refractivity contribution in [2.45, 2.75) is 53.2 Å². The lowest BCUT2D eigenvalue weighted by Gasteiger charge is -2.29. The highest BCUT2D eigenvalue weighted by Gasteiger charge is 2.28. The molecule has 0 unspecified atom stereocenters. The van der Waals surface area contributed by atoms with Gasteiger partial charge in [0.05, 0.1) is 17.8 Å². The summed E-state index contributed by atoms with van der Waals surface area (Å²) < 4.78 is 11.7. The maximum Gasteiger partial charge on any atom is 0.410 e. The molecule has 1 aromatic heterocycles. The third-order valence-corrected chi connectivity index (χ3v) is 8.59. The maximum absolute atomic E-state index is 12.7. The Morgan fingerprint density at radius 3 is 2.45 bits per heavy atom. The van der Waals surface area contributed by atoms with E-state index in [1.54, 1.807) is 35.4 Å². The van der Waals surface area contributed by atoms with Gasteiger partial charge in [-0.15, -0.1) is 11.3 Å². The van der Waals surface area contributed by atoms with E-state index in [2.05, 4.69) is 36.2 Å². The average molecular weight is 607 g/mol. The Balaban J connectivity index is 1.45. The molecule has 1 aliphatic rings. The topological polar surface area (TPSA) is 105 Å². The molecule has 0 aliphatic carbocycles. The third-order valence-electron chi connectivity index (χ3n) is 7.47. The van der Waals surface area contributed by atoms with Gasteiger partial charge in [0, 0.05) is 41.6 Å². The van der Waals surface area contributed by atoms with Crippen LogP contribution in [-0.2, 0) is 17.7 Å². The summed E-state index contributed by atoms with van der Waals surface area (Å²) in [6.07, 6.45) is 1.09. The Morgan fingerprint density at radius 2 is 1.77 bits per heavy atom. The van der Waals surface area contributed by atoms with E-state index in [0.29, 0.717) is 43.0 Å². The SMILES string of the molecule is C/N=C(\Oc1ccc(C=O)cc1C#N)c1cccc(-c2cccc(-c3nc4c(s3)CN(C(=O)OC(C)(C)C)CC4)c2C)c1C. The lowest BCUT2D eigenvalue weighted by molar-refractivity contribution is 0.0225. The lowest BCUT2D eigenvalue weighted by Crippen LogP contribution is -2.39. The molecule has 0 spiro atoms. The molecule has 9 heteroatoms. The molecule has 4 aromatic rings. The van der Waals surface area contributed by atoms with Gasteiger partial charge in [-0.3, -0.25) is 9.79 Å². The number of aliphatic imine (C=N–C) groups is 1. The van der Waals surface area contributed by atoms with Crippen molar-refractivity contribution >= 4 is 29.6 Å². The molecule has 3 aromatic carbocycles. The number of hydrogen-bond donors (Lipinski definition) is 0. The highest BCUT2D eigenvalue weighted by Crippen LogP contribution is 2.38. The van der Waals surface area contributed by atoms with Gasteiger partial charge in [-0.05, 0) is 81.1 Å². The van der Waals surface area contributed by atoms with E-state index in [1.165, 1.54) is 6.07 Å². The first-order chi connectivity index (χ1) is 21.0. The molecule has 5 rings (SSSR count). The summed E-state index contributed by atoms with van der Waals surface area (Å²) in [7, 11) is 1.65. The van der Waals surface area contributed by atoms with Gasteiger partial charge >= 0.3 is 6.09 Å². The monoisotopic (exact) mass is 606 g/mol. The first-order valence-electron chi connectivity index (χ1n) is 14.3. The number of aldehydes is 1. The van der Waals surface area contributed by atoms with Crippen molar-refractivity contribution in [1.82, 2.24) is 9.88 Å². The zero-order valence-electron chi connectivity index (χ0n) is 25.7. The quantitative estimate of drug-likeness (QED) is 0.132. The standard InChI is InChI=1S/C35H34N4O4S/c1-21-25(9-7-11-27(21)32(37-6)42-30-14-13-23(20-40)17-24(30)18-36)26-10-8-12-28(22(26)2)33-38-29-15-16-39(19-31(29)44-33)34(41)43-35(3,4)5/h7-14,17,20H,15-16,19H2,1-6H3/b37-32-. The second-order valence-corrected chi connectivity index (χ2v) is 12.7. The maximum atomic E-state index is 12.7. The van der Waals surface area contributed by atoms with E-state index in [1.807, 2.05) is 45.9 Å². The number of ether oxygens (including phenoxy) is 2. The molecule has 2 heterocycles. The normalized spacial score (nSPS) is 13.2. The van der Waals surface area contributed by atoms with E-state index in [-0.39, 0.29) is 11.7 Å². The number of carbonyl (C=O) groups excluding carboxylic acids is 2. The molecule has 44 heavy (non-hydrogen) atoms. The van der Waals surface area contributed by atoms with Crippen LogP contribution < -0.4 is 4.74 Å². The largest absolute Gasteiger partial charge is 0.444 e. The van der Waals surface area contributed by atoms with E-state index >= 15 is 0 Å². The van der Waals surface area contributed by atoms with Gasteiger partial charge in [-0.2, -0.15) is 5.26 Å². The van der Waals surface area contributed by atoms with Crippen molar-refractivity contribution < 1.29 is 19.1 Å². The predicted octanol–water partition coefficient (Wildman–Crippen LogP) is 7.53. The van der Waals surface area contributed by atoms with Crippen LogP contribution in [0.1, 0.15) is 64.0 Å². The zero-order valence-corrected chi connectivity index (χ0v) is 26.5. The van der Waals surface area contributed by atoms with Gasteiger partial charge in [0.2, 0.25) is 5.90 Å². The second-order valence-electron chi connectivity index (χ2n) is 11.6. The molecule has 8 nitrogen and oxygen atoms in total. The molecule has 0 N–H and O–H groups in total. The number of amides is 1. The summed E-state index contributed by atoms with van der Waals surface area (Å²) in [6.45, 7) is 10.8. The number of carbonyl (C=O) groups is 2. The Labute approximate surface area is 261 Å². The minimum atomic E-state index is -0.540. The molecular formula is C35H34N4O4S. The molecule has 0 atom stereocenters. The predicted molar refractivity (Wildman–Crippen MR) is 172 cm³/mol. The summed E-state index contributed by atoms with van der Waals surface area (Å²) in [5, 5.41) is 10.5. The van der Waals surface area contributed by atoms with Crippen molar-refractivity contribution in [3.05, 3.63) is 93.0 Å². The Bertz CT molecular complexity index is 1830. The van der Waals surface area contributed by atoms with Gasteiger partial charge in [0.1, 0.15) is 28.7 Å². The van der Waals surface area contributed by atoms with Crippen LogP contribution in [0.15, 0.2) is 59.6 Å². The first kappa shape index (κ1) is 30.6. The van der Waals surface area contributed by atoms with Gasteiger partial charge < -0.3 is 14.4 Å². The van der Waals surface area contributed by atoms with E-state index < -0.39 is 5.60 Å². The van der Waals surface area contributed by atoms with Gasteiger partial charge in [-0.25, -0.2) is 9.78 Å². The summed E-state index contributed by atoms with van der Waals surface area (Å²) in [4.78, 5) is 36.1. The Morgan fingerprint density at radius 1 is 1.07 bits per heavy atom.